The average molecular weight is 341 g/mol. The molecule has 1 aliphatic carbocycles. The molecular formula is C20H27N3O2. The zero-order chi connectivity index (χ0) is 17.6. The topological polar surface area (TPSA) is 54.8 Å². The maximum absolute atomic E-state index is 11.1. The van der Waals surface area contributed by atoms with Crippen molar-refractivity contribution in [1.29, 1.82) is 0 Å². The van der Waals surface area contributed by atoms with Gasteiger partial charge in [-0.25, -0.2) is 4.98 Å². The van der Waals surface area contributed by atoms with E-state index in [1.54, 1.807) is 19.3 Å². The highest BCUT2D eigenvalue weighted by Crippen LogP contribution is 2.28. The molecule has 25 heavy (non-hydrogen) atoms. The van der Waals surface area contributed by atoms with Crippen LogP contribution in [0.25, 0.3) is 0 Å². The molecule has 0 aromatic carbocycles. The number of hydrogen-bond acceptors (Lipinski definition) is 5. The van der Waals surface area contributed by atoms with E-state index in [1.165, 1.54) is 32.3 Å². The molecule has 0 bridgehead atoms. The Labute approximate surface area is 149 Å². The van der Waals surface area contributed by atoms with Gasteiger partial charge in [0.15, 0.2) is 5.78 Å². The van der Waals surface area contributed by atoms with Crippen LogP contribution in [-0.2, 0) is 4.79 Å². The van der Waals surface area contributed by atoms with Crippen molar-refractivity contribution < 1.29 is 9.53 Å². The van der Waals surface area contributed by atoms with Crippen LogP contribution in [0.3, 0.4) is 0 Å². The first kappa shape index (κ1) is 17.8. The molecule has 0 unspecified atom stereocenters. The van der Waals surface area contributed by atoms with Gasteiger partial charge in [0.2, 0.25) is 5.88 Å². The van der Waals surface area contributed by atoms with Crippen molar-refractivity contribution in [2.24, 2.45) is 4.99 Å². The highest BCUT2D eigenvalue weighted by Gasteiger charge is 2.29. The van der Waals surface area contributed by atoms with E-state index in [0.29, 0.717) is 5.88 Å². The summed E-state index contributed by atoms with van der Waals surface area (Å²) < 4.78 is 6.05. The van der Waals surface area contributed by atoms with Crippen molar-refractivity contribution >= 4 is 11.5 Å². The van der Waals surface area contributed by atoms with Gasteiger partial charge in [-0.15, -0.1) is 0 Å². The minimum atomic E-state index is 0.00213. The fourth-order valence-electron chi connectivity index (χ4n) is 3.38. The largest absolute Gasteiger partial charge is 0.474 e. The number of piperidine rings is 1. The van der Waals surface area contributed by atoms with Gasteiger partial charge >= 0.3 is 0 Å². The minimum Gasteiger partial charge on any atom is -0.474 e. The molecule has 0 radical (unpaired) electrons. The molecule has 5 heteroatoms. The van der Waals surface area contributed by atoms with Crippen LogP contribution in [0, 0.1) is 0 Å². The number of ketones is 1. The summed E-state index contributed by atoms with van der Waals surface area (Å²) in [6, 6.07) is 4.66. The number of pyridine rings is 1. The Morgan fingerprint density at radius 2 is 2.00 bits per heavy atom. The van der Waals surface area contributed by atoms with Gasteiger partial charge in [-0.05, 0) is 50.8 Å². The first-order valence-corrected chi connectivity index (χ1v) is 9.18. The third kappa shape index (κ3) is 4.75. The van der Waals surface area contributed by atoms with Crippen molar-refractivity contribution in [3.05, 3.63) is 36.0 Å². The van der Waals surface area contributed by atoms with Gasteiger partial charge in [0.1, 0.15) is 6.10 Å². The lowest BCUT2D eigenvalue weighted by atomic mass is 9.90. The number of carbonyl (C=O) groups is 1. The van der Waals surface area contributed by atoms with Crippen LogP contribution in [0.15, 0.2) is 35.5 Å². The smallest absolute Gasteiger partial charge is 0.213 e. The van der Waals surface area contributed by atoms with Crippen molar-refractivity contribution in [3.63, 3.8) is 0 Å². The lowest BCUT2D eigenvalue weighted by molar-refractivity contribution is -0.112. The number of hydrogen-bond donors (Lipinski definition) is 0. The number of aromatic nitrogens is 1. The zero-order valence-electron chi connectivity index (χ0n) is 15.1. The molecule has 1 saturated carbocycles. The van der Waals surface area contributed by atoms with Gasteiger partial charge in [-0.1, -0.05) is 6.42 Å². The molecule has 2 heterocycles. The van der Waals surface area contributed by atoms with Crippen LogP contribution in [0.4, 0.5) is 0 Å². The minimum absolute atomic E-state index is 0.00213. The van der Waals surface area contributed by atoms with E-state index >= 15 is 0 Å². The van der Waals surface area contributed by atoms with Crippen molar-refractivity contribution in [2.75, 3.05) is 20.1 Å². The van der Waals surface area contributed by atoms with Crippen LogP contribution in [0.5, 0.6) is 5.88 Å². The molecule has 1 saturated heterocycles. The van der Waals surface area contributed by atoms with E-state index in [2.05, 4.69) is 14.9 Å². The van der Waals surface area contributed by atoms with Gasteiger partial charge in [0, 0.05) is 44.0 Å². The van der Waals surface area contributed by atoms with Crippen LogP contribution >= 0.6 is 0 Å². The SMILES string of the molecule is CN=C(/C=C\C(C)=O)c1ccc(OC2CCN(C3CCC3)CC2)nc1. The second kappa shape index (κ2) is 8.39. The molecule has 5 nitrogen and oxygen atoms in total. The van der Waals surface area contributed by atoms with Crippen LogP contribution in [0.2, 0.25) is 0 Å². The fourth-order valence-corrected chi connectivity index (χ4v) is 3.38. The van der Waals surface area contributed by atoms with Gasteiger partial charge in [-0.3, -0.25) is 9.79 Å². The van der Waals surface area contributed by atoms with E-state index in [1.807, 2.05) is 12.1 Å². The molecular weight excluding hydrogens is 314 g/mol. The summed E-state index contributed by atoms with van der Waals surface area (Å²) in [5, 5.41) is 0. The summed E-state index contributed by atoms with van der Waals surface area (Å²) in [5.41, 5.74) is 1.62. The average Bonchev–Trinajstić information content (AvgIpc) is 2.57. The standard InChI is InChI=1S/C20H27N3O2/c1-15(24)6-8-19(21-2)16-7-9-20(22-14-16)25-18-10-12-23(13-11-18)17-4-3-5-17/h6-9,14,17-18H,3-5,10-13H2,1-2H3/b8-6-,21-19?. The maximum Gasteiger partial charge on any atom is 0.213 e. The van der Waals surface area contributed by atoms with Gasteiger partial charge in [0.05, 0.1) is 5.71 Å². The first-order valence-electron chi connectivity index (χ1n) is 9.18. The van der Waals surface area contributed by atoms with Crippen molar-refractivity contribution in [3.8, 4) is 5.88 Å². The number of rotatable bonds is 6. The molecule has 1 aromatic heterocycles. The Hall–Kier alpha value is -2.01. The third-order valence-electron chi connectivity index (χ3n) is 5.10. The summed E-state index contributed by atoms with van der Waals surface area (Å²) in [6.45, 7) is 3.79. The normalized spacial score (nSPS) is 20.6. The number of likely N-dealkylation sites (tertiary alicyclic amines) is 1. The van der Waals surface area contributed by atoms with Gasteiger partial charge in [-0.2, -0.15) is 0 Å². The molecule has 3 rings (SSSR count). The number of aliphatic imine (C=N–C) groups is 1. The van der Waals surface area contributed by atoms with Crippen LogP contribution in [-0.4, -0.2) is 53.7 Å². The lowest BCUT2D eigenvalue weighted by Gasteiger charge is -2.41. The third-order valence-corrected chi connectivity index (χ3v) is 5.10. The Bertz CT molecular complexity index is 639. The quantitative estimate of drug-likeness (QED) is 0.589. The summed E-state index contributed by atoms with van der Waals surface area (Å²) >= 11 is 0. The predicted molar refractivity (Wildman–Crippen MR) is 99.4 cm³/mol. The monoisotopic (exact) mass is 341 g/mol. The second-order valence-electron chi connectivity index (χ2n) is 6.88. The Morgan fingerprint density at radius 1 is 1.24 bits per heavy atom. The summed E-state index contributed by atoms with van der Waals surface area (Å²) in [4.78, 5) is 22.3. The molecule has 2 fully saturated rings. The molecule has 0 amide bonds. The highest BCUT2D eigenvalue weighted by atomic mass is 16.5. The van der Waals surface area contributed by atoms with E-state index < -0.39 is 0 Å². The Morgan fingerprint density at radius 3 is 2.52 bits per heavy atom. The van der Waals surface area contributed by atoms with E-state index in [-0.39, 0.29) is 11.9 Å². The molecule has 134 valence electrons. The van der Waals surface area contributed by atoms with Crippen LogP contribution < -0.4 is 4.74 Å². The molecule has 2 aliphatic rings. The summed E-state index contributed by atoms with van der Waals surface area (Å²) in [6.07, 6.45) is 11.5. The van der Waals surface area contributed by atoms with Crippen molar-refractivity contribution in [1.82, 2.24) is 9.88 Å². The lowest BCUT2D eigenvalue weighted by Crippen LogP contribution is -2.46. The first-order chi connectivity index (χ1) is 12.2. The van der Waals surface area contributed by atoms with Crippen molar-refractivity contribution in [2.45, 2.75) is 51.2 Å². The predicted octanol–water partition coefficient (Wildman–Crippen LogP) is 3.04. The number of nitrogens with zero attached hydrogens (tertiary/aromatic N) is 3. The van der Waals surface area contributed by atoms with Gasteiger partial charge < -0.3 is 9.64 Å². The Balaban J connectivity index is 1.53. The van der Waals surface area contributed by atoms with Gasteiger partial charge in [0.25, 0.3) is 0 Å². The zero-order valence-corrected chi connectivity index (χ0v) is 15.1. The molecule has 1 aliphatic heterocycles. The van der Waals surface area contributed by atoms with E-state index in [9.17, 15) is 4.79 Å². The Kier molecular flexibility index (Phi) is 5.97. The number of ether oxygens (including phenoxy) is 1. The van der Waals surface area contributed by atoms with Crippen LogP contribution in [0.1, 0.15) is 44.6 Å². The van der Waals surface area contributed by atoms with E-state index in [0.717, 1.165) is 43.2 Å². The maximum atomic E-state index is 11.1. The molecule has 0 N–H and O–H groups in total. The summed E-state index contributed by atoms with van der Waals surface area (Å²) in [7, 11) is 1.71. The molecule has 0 atom stereocenters. The fraction of sp³-hybridized carbons (Fsp3) is 0.550. The number of carbonyl (C=O) groups excluding carboxylic acids is 1. The highest BCUT2D eigenvalue weighted by molar-refractivity contribution is 6.10. The molecule has 1 aromatic rings. The molecule has 0 spiro atoms. The number of allylic oxidation sites excluding steroid dienone is 2. The van der Waals surface area contributed by atoms with E-state index in [4.69, 9.17) is 4.74 Å². The summed E-state index contributed by atoms with van der Waals surface area (Å²) in [5.74, 6) is 0.666. The second-order valence-corrected chi connectivity index (χ2v) is 6.88.